The molecule has 1 rings (SSSR count). The minimum Gasteiger partial charge on any atom is -0.481 e. The third-order valence-electron chi connectivity index (χ3n) is 2.95. The van der Waals surface area contributed by atoms with Gasteiger partial charge < -0.3 is 5.11 Å². The van der Waals surface area contributed by atoms with E-state index in [4.69, 9.17) is 5.11 Å². The number of carboxylic acid groups (broad SMARTS) is 1. The molecule has 0 saturated carbocycles. The van der Waals surface area contributed by atoms with Gasteiger partial charge in [0.15, 0.2) is 0 Å². The van der Waals surface area contributed by atoms with Gasteiger partial charge in [0.25, 0.3) is 0 Å². The summed E-state index contributed by atoms with van der Waals surface area (Å²) < 4.78 is 0. The van der Waals surface area contributed by atoms with Crippen molar-refractivity contribution in [2.45, 2.75) is 45.6 Å². The Labute approximate surface area is 91.8 Å². The fraction of sp³-hybridized carbons (Fsp3) is 0.750. The summed E-state index contributed by atoms with van der Waals surface area (Å²) in [6.07, 6.45) is 5.41. The first-order valence-electron chi connectivity index (χ1n) is 5.73. The quantitative estimate of drug-likeness (QED) is 0.709. The summed E-state index contributed by atoms with van der Waals surface area (Å²) >= 11 is 0. The molecule has 0 bridgehead atoms. The van der Waals surface area contributed by atoms with Gasteiger partial charge in [0, 0.05) is 25.6 Å². The van der Waals surface area contributed by atoms with E-state index in [2.05, 4.69) is 24.8 Å². The molecule has 3 heteroatoms. The summed E-state index contributed by atoms with van der Waals surface area (Å²) in [5.41, 5.74) is 1.44. The summed E-state index contributed by atoms with van der Waals surface area (Å²) in [6.45, 7) is 6.57. The lowest BCUT2D eigenvalue weighted by atomic mass is 10.0. The molecule has 0 aromatic rings. The molecular weight excluding hydrogens is 190 g/mol. The number of carboxylic acids is 1. The van der Waals surface area contributed by atoms with E-state index < -0.39 is 5.97 Å². The minimum absolute atomic E-state index is 0.297. The van der Waals surface area contributed by atoms with Gasteiger partial charge in [0.2, 0.25) is 0 Å². The molecule has 1 aliphatic rings. The second-order valence-electron chi connectivity index (χ2n) is 4.45. The van der Waals surface area contributed by atoms with Crippen molar-refractivity contribution < 1.29 is 9.90 Å². The van der Waals surface area contributed by atoms with E-state index in [0.29, 0.717) is 12.5 Å². The molecule has 1 aliphatic heterocycles. The number of carbonyl (C=O) groups is 1. The van der Waals surface area contributed by atoms with Crippen LogP contribution in [0.2, 0.25) is 0 Å². The Morgan fingerprint density at radius 1 is 1.60 bits per heavy atom. The van der Waals surface area contributed by atoms with Crippen LogP contribution in [0.5, 0.6) is 0 Å². The summed E-state index contributed by atoms with van der Waals surface area (Å²) in [7, 11) is 0. The van der Waals surface area contributed by atoms with Gasteiger partial charge in [-0.2, -0.15) is 0 Å². The second-order valence-corrected chi connectivity index (χ2v) is 4.45. The highest BCUT2D eigenvalue weighted by molar-refractivity contribution is 5.66. The van der Waals surface area contributed by atoms with E-state index in [1.165, 1.54) is 5.57 Å². The van der Waals surface area contributed by atoms with E-state index in [1.54, 1.807) is 0 Å². The van der Waals surface area contributed by atoms with Gasteiger partial charge in [-0.25, -0.2) is 0 Å². The normalized spacial score (nSPS) is 17.9. The van der Waals surface area contributed by atoms with Crippen LogP contribution in [0.4, 0.5) is 0 Å². The lowest BCUT2D eigenvalue weighted by molar-refractivity contribution is -0.137. The van der Waals surface area contributed by atoms with E-state index >= 15 is 0 Å². The van der Waals surface area contributed by atoms with Crippen molar-refractivity contribution in [3.63, 3.8) is 0 Å². The van der Waals surface area contributed by atoms with Crippen LogP contribution in [0.1, 0.15) is 39.5 Å². The van der Waals surface area contributed by atoms with Crippen LogP contribution in [-0.2, 0) is 4.79 Å². The Balaban J connectivity index is 2.25. The van der Waals surface area contributed by atoms with Crippen LogP contribution in [0.25, 0.3) is 0 Å². The van der Waals surface area contributed by atoms with Crippen molar-refractivity contribution in [3.05, 3.63) is 11.6 Å². The van der Waals surface area contributed by atoms with Gasteiger partial charge in [0.1, 0.15) is 0 Å². The van der Waals surface area contributed by atoms with Gasteiger partial charge in [-0.3, -0.25) is 9.69 Å². The van der Waals surface area contributed by atoms with Crippen LogP contribution in [0.15, 0.2) is 11.6 Å². The van der Waals surface area contributed by atoms with E-state index in [1.807, 2.05) is 0 Å². The van der Waals surface area contributed by atoms with Crippen LogP contribution in [0.3, 0.4) is 0 Å². The topological polar surface area (TPSA) is 40.5 Å². The molecule has 1 heterocycles. The summed E-state index contributed by atoms with van der Waals surface area (Å²) in [6, 6.07) is 0.613. The standard InChI is InChI=1S/C12H21NO2/c1-10(2)13-8-6-11(7-9-13)4-3-5-12(14)15/h6,10H,3-5,7-9H2,1-2H3,(H,14,15). The number of aliphatic carboxylic acids is 1. The first-order chi connectivity index (χ1) is 7.09. The molecule has 1 N–H and O–H groups in total. The Morgan fingerprint density at radius 3 is 2.80 bits per heavy atom. The Bertz CT molecular complexity index is 246. The highest BCUT2D eigenvalue weighted by atomic mass is 16.4. The van der Waals surface area contributed by atoms with E-state index in [-0.39, 0.29) is 0 Å². The molecule has 0 amide bonds. The van der Waals surface area contributed by atoms with Crippen molar-refractivity contribution in [1.29, 1.82) is 0 Å². The number of hydrogen-bond acceptors (Lipinski definition) is 2. The molecule has 0 saturated heterocycles. The molecule has 0 aromatic carbocycles. The van der Waals surface area contributed by atoms with Crippen molar-refractivity contribution in [2.24, 2.45) is 0 Å². The average molecular weight is 211 g/mol. The molecule has 86 valence electrons. The van der Waals surface area contributed by atoms with Crippen molar-refractivity contribution in [1.82, 2.24) is 4.90 Å². The molecule has 0 unspecified atom stereocenters. The Kier molecular flexibility index (Phi) is 4.82. The molecular formula is C12H21NO2. The predicted octanol–water partition coefficient (Wildman–Crippen LogP) is 2.28. The maximum atomic E-state index is 10.4. The van der Waals surface area contributed by atoms with Crippen LogP contribution in [0, 0.1) is 0 Å². The Morgan fingerprint density at radius 2 is 2.33 bits per heavy atom. The maximum Gasteiger partial charge on any atom is 0.303 e. The molecule has 15 heavy (non-hydrogen) atoms. The van der Waals surface area contributed by atoms with Crippen LogP contribution in [-0.4, -0.2) is 35.1 Å². The number of nitrogens with zero attached hydrogens (tertiary/aromatic N) is 1. The number of hydrogen-bond donors (Lipinski definition) is 1. The molecule has 0 spiro atoms. The Hall–Kier alpha value is -0.830. The average Bonchev–Trinajstić information content (AvgIpc) is 2.18. The summed E-state index contributed by atoms with van der Waals surface area (Å²) in [5, 5.41) is 8.53. The molecule has 0 aliphatic carbocycles. The highest BCUT2D eigenvalue weighted by Crippen LogP contribution is 2.18. The summed E-state index contributed by atoms with van der Waals surface area (Å²) in [5.74, 6) is -0.685. The monoisotopic (exact) mass is 211 g/mol. The van der Waals surface area contributed by atoms with Crippen molar-refractivity contribution in [2.75, 3.05) is 13.1 Å². The molecule has 0 radical (unpaired) electrons. The third-order valence-corrected chi connectivity index (χ3v) is 2.95. The fourth-order valence-corrected chi connectivity index (χ4v) is 1.89. The molecule has 3 nitrogen and oxygen atoms in total. The van der Waals surface area contributed by atoms with E-state index in [0.717, 1.165) is 32.4 Å². The number of rotatable bonds is 5. The lowest BCUT2D eigenvalue weighted by Gasteiger charge is -2.29. The van der Waals surface area contributed by atoms with Crippen molar-refractivity contribution >= 4 is 5.97 Å². The fourth-order valence-electron chi connectivity index (χ4n) is 1.89. The van der Waals surface area contributed by atoms with Gasteiger partial charge >= 0.3 is 5.97 Å². The predicted molar refractivity (Wildman–Crippen MR) is 60.9 cm³/mol. The largest absolute Gasteiger partial charge is 0.481 e. The maximum absolute atomic E-state index is 10.4. The van der Waals surface area contributed by atoms with Gasteiger partial charge in [0.05, 0.1) is 0 Å². The second kappa shape index (κ2) is 5.91. The van der Waals surface area contributed by atoms with Gasteiger partial charge in [-0.15, -0.1) is 0 Å². The first-order valence-corrected chi connectivity index (χ1v) is 5.73. The van der Waals surface area contributed by atoms with E-state index in [9.17, 15) is 4.79 Å². The third kappa shape index (κ3) is 4.47. The zero-order valence-corrected chi connectivity index (χ0v) is 9.70. The van der Waals surface area contributed by atoms with Gasteiger partial charge in [-0.1, -0.05) is 11.6 Å². The van der Waals surface area contributed by atoms with Crippen molar-refractivity contribution in [3.8, 4) is 0 Å². The summed E-state index contributed by atoms with van der Waals surface area (Å²) in [4.78, 5) is 12.8. The smallest absolute Gasteiger partial charge is 0.303 e. The molecule has 0 aromatic heterocycles. The van der Waals surface area contributed by atoms with Crippen LogP contribution >= 0.6 is 0 Å². The van der Waals surface area contributed by atoms with Crippen LogP contribution < -0.4 is 0 Å². The minimum atomic E-state index is -0.685. The SMILES string of the molecule is CC(C)N1CC=C(CCCC(=O)O)CC1. The zero-order valence-electron chi connectivity index (χ0n) is 9.70. The highest BCUT2D eigenvalue weighted by Gasteiger charge is 2.13. The molecule has 0 fully saturated rings. The first kappa shape index (κ1) is 12.2. The van der Waals surface area contributed by atoms with Gasteiger partial charge in [-0.05, 0) is 33.1 Å². The molecule has 0 atom stereocenters. The lowest BCUT2D eigenvalue weighted by Crippen LogP contribution is -2.34. The zero-order chi connectivity index (χ0) is 11.3.